The van der Waals surface area contributed by atoms with Crippen molar-refractivity contribution in [2.24, 2.45) is 11.8 Å². The molecule has 0 radical (unpaired) electrons. The molecule has 1 aromatic rings. The molecule has 1 aliphatic rings. The first kappa shape index (κ1) is 14.1. The monoisotopic (exact) mass is 330 g/mol. The molecule has 2 rings (SSSR count). The van der Waals surface area contributed by atoms with E-state index in [4.69, 9.17) is 11.6 Å². The standard InChI is InChI=1S/C14H20BrClN2/c1-10-6-13(15)14(17-8-10)18-9-12-5-3-2-4-11(12)7-16/h6,8,11-12H,2-5,7,9H2,1H3,(H,17,18). The Bertz CT molecular complexity index is 397. The summed E-state index contributed by atoms with van der Waals surface area (Å²) in [5.74, 6) is 3.08. The Morgan fingerprint density at radius 2 is 2.11 bits per heavy atom. The van der Waals surface area contributed by atoms with Crippen LogP contribution in [-0.4, -0.2) is 17.4 Å². The number of nitrogens with zero attached hydrogens (tertiary/aromatic N) is 1. The molecule has 1 N–H and O–H groups in total. The summed E-state index contributed by atoms with van der Waals surface area (Å²) >= 11 is 9.61. The van der Waals surface area contributed by atoms with Crippen molar-refractivity contribution in [3.05, 3.63) is 22.3 Å². The van der Waals surface area contributed by atoms with E-state index in [2.05, 4.69) is 32.3 Å². The number of pyridine rings is 1. The molecule has 100 valence electrons. The maximum absolute atomic E-state index is 6.06. The summed E-state index contributed by atoms with van der Waals surface area (Å²) < 4.78 is 1.04. The summed E-state index contributed by atoms with van der Waals surface area (Å²) in [6.07, 6.45) is 7.13. The largest absolute Gasteiger partial charge is 0.369 e. The van der Waals surface area contributed by atoms with E-state index in [0.29, 0.717) is 11.8 Å². The lowest BCUT2D eigenvalue weighted by molar-refractivity contribution is 0.272. The maximum atomic E-state index is 6.06. The van der Waals surface area contributed by atoms with Crippen LogP contribution in [0.15, 0.2) is 16.7 Å². The van der Waals surface area contributed by atoms with Crippen molar-refractivity contribution in [1.29, 1.82) is 0 Å². The van der Waals surface area contributed by atoms with Crippen LogP contribution in [0.3, 0.4) is 0 Å². The fraction of sp³-hybridized carbons (Fsp3) is 0.643. The summed E-state index contributed by atoms with van der Waals surface area (Å²) in [6, 6.07) is 2.09. The van der Waals surface area contributed by atoms with Crippen molar-refractivity contribution in [3.63, 3.8) is 0 Å². The van der Waals surface area contributed by atoms with Gasteiger partial charge in [-0.1, -0.05) is 12.8 Å². The molecule has 0 saturated heterocycles. The van der Waals surface area contributed by atoms with Crippen LogP contribution in [-0.2, 0) is 0 Å². The van der Waals surface area contributed by atoms with Crippen LogP contribution in [0.4, 0.5) is 5.82 Å². The first-order valence-corrected chi connectivity index (χ1v) is 7.95. The van der Waals surface area contributed by atoms with Gasteiger partial charge in [-0.05, 0) is 59.2 Å². The Labute approximate surface area is 123 Å². The van der Waals surface area contributed by atoms with Crippen LogP contribution in [0.25, 0.3) is 0 Å². The molecule has 2 unspecified atom stereocenters. The van der Waals surface area contributed by atoms with Gasteiger partial charge in [0, 0.05) is 18.6 Å². The molecule has 2 nitrogen and oxygen atoms in total. The average molecular weight is 332 g/mol. The minimum absolute atomic E-state index is 0.664. The van der Waals surface area contributed by atoms with Crippen LogP contribution in [0.5, 0.6) is 0 Å². The number of hydrogen-bond donors (Lipinski definition) is 1. The molecule has 0 amide bonds. The quantitative estimate of drug-likeness (QED) is 0.815. The molecule has 1 fully saturated rings. The normalized spacial score (nSPS) is 23.9. The third-order valence-electron chi connectivity index (χ3n) is 3.77. The Balaban J connectivity index is 1.93. The number of anilines is 1. The number of aromatic nitrogens is 1. The molecule has 0 aromatic carbocycles. The number of alkyl halides is 1. The molecule has 1 aromatic heterocycles. The van der Waals surface area contributed by atoms with E-state index in [-0.39, 0.29) is 0 Å². The van der Waals surface area contributed by atoms with Crippen molar-refractivity contribution >= 4 is 33.3 Å². The average Bonchev–Trinajstić information content (AvgIpc) is 2.38. The topological polar surface area (TPSA) is 24.9 Å². The van der Waals surface area contributed by atoms with E-state index in [0.717, 1.165) is 22.7 Å². The number of halogens is 2. The van der Waals surface area contributed by atoms with E-state index < -0.39 is 0 Å². The molecular weight excluding hydrogens is 312 g/mol. The zero-order chi connectivity index (χ0) is 13.0. The number of nitrogens with one attached hydrogen (secondary N) is 1. The number of hydrogen-bond acceptors (Lipinski definition) is 2. The first-order chi connectivity index (χ1) is 8.70. The van der Waals surface area contributed by atoms with E-state index in [9.17, 15) is 0 Å². The van der Waals surface area contributed by atoms with Gasteiger partial charge in [-0.3, -0.25) is 0 Å². The molecule has 4 heteroatoms. The highest BCUT2D eigenvalue weighted by atomic mass is 79.9. The summed E-state index contributed by atoms with van der Waals surface area (Å²) in [6.45, 7) is 3.03. The van der Waals surface area contributed by atoms with E-state index in [1.807, 2.05) is 13.1 Å². The van der Waals surface area contributed by atoms with Crippen LogP contribution < -0.4 is 5.32 Å². The van der Waals surface area contributed by atoms with Crippen molar-refractivity contribution in [1.82, 2.24) is 4.98 Å². The molecule has 0 spiro atoms. The van der Waals surface area contributed by atoms with Gasteiger partial charge < -0.3 is 5.32 Å². The van der Waals surface area contributed by atoms with Crippen LogP contribution in [0.2, 0.25) is 0 Å². The maximum Gasteiger partial charge on any atom is 0.140 e. The zero-order valence-electron chi connectivity index (χ0n) is 10.8. The summed E-state index contributed by atoms with van der Waals surface area (Å²) in [4.78, 5) is 4.42. The predicted molar refractivity (Wildman–Crippen MR) is 81.3 cm³/mol. The minimum Gasteiger partial charge on any atom is -0.369 e. The Morgan fingerprint density at radius 3 is 2.78 bits per heavy atom. The minimum atomic E-state index is 0.664. The van der Waals surface area contributed by atoms with E-state index >= 15 is 0 Å². The van der Waals surface area contributed by atoms with Gasteiger partial charge in [-0.2, -0.15) is 0 Å². The van der Waals surface area contributed by atoms with E-state index in [1.165, 1.54) is 31.2 Å². The highest BCUT2D eigenvalue weighted by molar-refractivity contribution is 9.10. The fourth-order valence-corrected chi connectivity index (χ4v) is 3.66. The van der Waals surface area contributed by atoms with Crippen molar-refractivity contribution in [2.45, 2.75) is 32.6 Å². The summed E-state index contributed by atoms with van der Waals surface area (Å²) in [5.41, 5.74) is 1.17. The Hall–Kier alpha value is -0.280. The van der Waals surface area contributed by atoms with Gasteiger partial charge in [0.25, 0.3) is 0 Å². The van der Waals surface area contributed by atoms with Gasteiger partial charge in [-0.15, -0.1) is 11.6 Å². The third kappa shape index (κ3) is 3.61. The molecule has 0 aliphatic heterocycles. The molecule has 1 aliphatic carbocycles. The lowest BCUT2D eigenvalue weighted by atomic mass is 9.80. The first-order valence-electron chi connectivity index (χ1n) is 6.62. The highest BCUT2D eigenvalue weighted by Crippen LogP contribution is 2.31. The van der Waals surface area contributed by atoms with Crippen LogP contribution in [0.1, 0.15) is 31.2 Å². The molecular formula is C14H20BrClN2. The Kier molecular flexibility index (Phi) is 5.31. The summed E-state index contributed by atoms with van der Waals surface area (Å²) in [7, 11) is 0. The van der Waals surface area contributed by atoms with Crippen molar-refractivity contribution < 1.29 is 0 Å². The summed E-state index contributed by atoms with van der Waals surface area (Å²) in [5, 5.41) is 3.46. The van der Waals surface area contributed by atoms with Gasteiger partial charge in [-0.25, -0.2) is 4.98 Å². The smallest absolute Gasteiger partial charge is 0.140 e. The number of rotatable bonds is 4. The molecule has 1 heterocycles. The highest BCUT2D eigenvalue weighted by Gasteiger charge is 2.24. The molecule has 18 heavy (non-hydrogen) atoms. The zero-order valence-corrected chi connectivity index (χ0v) is 13.1. The molecule has 2 atom stereocenters. The van der Waals surface area contributed by atoms with Crippen molar-refractivity contribution in [3.8, 4) is 0 Å². The van der Waals surface area contributed by atoms with Gasteiger partial charge in [0.2, 0.25) is 0 Å². The van der Waals surface area contributed by atoms with Gasteiger partial charge in [0.15, 0.2) is 0 Å². The van der Waals surface area contributed by atoms with Crippen LogP contribution in [0, 0.1) is 18.8 Å². The fourth-order valence-electron chi connectivity index (χ4n) is 2.65. The van der Waals surface area contributed by atoms with Gasteiger partial charge in [0.1, 0.15) is 5.82 Å². The second-order valence-electron chi connectivity index (χ2n) is 5.18. The lowest BCUT2D eigenvalue weighted by Gasteiger charge is -2.30. The number of aryl methyl sites for hydroxylation is 1. The third-order valence-corrected chi connectivity index (χ3v) is 4.78. The molecule has 0 bridgehead atoms. The van der Waals surface area contributed by atoms with E-state index in [1.54, 1.807) is 0 Å². The van der Waals surface area contributed by atoms with Gasteiger partial charge in [0.05, 0.1) is 4.47 Å². The van der Waals surface area contributed by atoms with Crippen molar-refractivity contribution in [2.75, 3.05) is 17.7 Å². The second-order valence-corrected chi connectivity index (χ2v) is 6.35. The molecule has 1 saturated carbocycles. The predicted octanol–water partition coefficient (Wildman–Crippen LogP) is 4.61. The van der Waals surface area contributed by atoms with Crippen LogP contribution >= 0.6 is 27.5 Å². The second kappa shape index (κ2) is 6.76. The lowest BCUT2D eigenvalue weighted by Crippen LogP contribution is -2.27. The van der Waals surface area contributed by atoms with Gasteiger partial charge >= 0.3 is 0 Å². The SMILES string of the molecule is Cc1cnc(NCC2CCCCC2CCl)c(Br)c1. The Morgan fingerprint density at radius 1 is 1.39 bits per heavy atom.